The SMILES string of the molecule is CC(N)CC(=O)N(C)Cc1ccc(C(C)C)cc1.Cl. The molecule has 2 N–H and O–H groups in total. The van der Waals surface area contributed by atoms with Gasteiger partial charge in [0, 0.05) is 26.1 Å². The van der Waals surface area contributed by atoms with Crippen LogP contribution in [0.15, 0.2) is 24.3 Å². The fourth-order valence-electron chi connectivity index (χ4n) is 1.80. The van der Waals surface area contributed by atoms with Gasteiger partial charge in [-0.15, -0.1) is 12.4 Å². The van der Waals surface area contributed by atoms with Crippen LogP contribution >= 0.6 is 12.4 Å². The Labute approximate surface area is 122 Å². The van der Waals surface area contributed by atoms with Crippen molar-refractivity contribution < 1.29 is 4.79 Å². The summed E-state index contributed by atoms with van der Waals surface area (Å²) in [5.74, 6) is 0.634. The van der Waals surface area contributed by atoms with Crippen LogP contribution in [0.25, 0.3) is 0 Å². The van der Waals surface area contributed by atoms with Crippen molar-refractivity contribution in [1.29, 1.82) is 0 Å². The fraction of sp³-hybridized carbons (Fsp3) is 0.533. The number of rotatable bonds is 5. The molecule has 1 aromatic rings. The van der Waals surface area contributed by atoms with Gasteiger partial charge in [0.15, 0.2) is 0 Å². The molecule has 3 nitrogen and oxygen atoms in total. The maximum Gasteiger partial charge on any atom is 0.224 e. The molecule has 1 atom stereocenters. The van der Waals surface area contributed by atoms with Crippen LogP contribution in [0.1, 0.15) is 44.2 Å². The van der Waals surface area contributed by atoms with Gasteiger partial charge in [0.1, 0.15) is 0 Å². The minimum absolute atomic E-state index is 0. The first-order chi connectivity index (χ1) is 8.40. The van der Waals surface area contributed by atoms with E-state index >= 15 is 0 Å². The van der Waals surface area contributed by atoms with Crippen molar-refractivity contribution in [3.8, 4) is 0 Å². The first-order valence-corrected chi connectivity index (χ1v) is 6.48. The molecule has 4 heteroatoms. The summed E-state index contributed by atoms with van der Waals surface area (Å²) in [4.78, 5) is 13.5. The second-order valence-corrected chi connectivity index (χ2v) is 5.33. The second-order valence-electron chi connectivity index (χ2n) is 5.33. The molecule has 0 spiro atoms. The van der Waals surface area contributed by atoms with Gasteiger partial charge >= 0.3 is 0 Å². The third kappa shape index (κ3) is 6.08. The van der Waals surface area contributed by atoms with Gasteiger partial charge < -0.3 is 10.6 Å². The van der Waals surface area contributed by atoms with Crippen molar-refractivity contribution in [2.45, 2.75) is 45.7 Å². The van der Waals surface area contributed by atoms with E-state index in [0.717, 1.165) is 5.56 Å². The van der Waals surface area contributed by atoms with Gasteiger partial charge in [-0.3, -0.25) is 4.79 Å². The Bertz CT molecular complexity index is 388. The van der Waals surface area contributed by atoms with E-state index in [9.17, 15) is 4.79 Å². The molecule has 108 valence electrons. The average molecular weight is 285 g/mol. The van der Waals surface area contributed by atoms with Crippen molar-refractivity contribution in [2.75, 3.05) is 7.05 Å². The quantitative estimate of drug-likeness (QED) is 0.904. The summed E-state index contributed by atoms with van der Waals surface area (Å²) >= 11 is 0. The van der Waals surface area contributed by atoms with Crippen molar-refractivity contribution in [1.82, 2.24) is 4.90 Å². The number of hydrogen-bond donors (Lipinski definition) is 1. The normalized spacial score (nSPS) is 11.9. The number of hydrogen-bond acceptors (Lipinski definition) is 2. The van der Waals surface area contributed by atoms with Crippen LogP contribution < -0.4 is 5.73 Å². The maximum absolute atomic E-state index is 11.8. The van der Waals surface area contributed by atoms with Gasteiger partial charge in [-0.1, -0.05) is 38.1 Å². The van der Waals surface area contributed by atoms with Crippen LogP contribution in [0.2, 0.25) is 0 Å². The van der Waals surface area contributed by atoms with E-state index in [1.165, 1.54) is 5.56 Å². The van der Waals surface area contributed by atoms with Crippen LogP contribution in [0, 0.1) is 0 Å². The summed E-state index contributed by atoms with van der Waals surface area (Å²) in [5.41, 5.74) is 8.11. The Hall–Kier alpha value is -1.06. The number of nitrogens with two attached hydrogens (primary N) is 1. The van der Waals surface area contributed by atoms with E-state index in [1.807, 2.05) is 14.0 Å². The molecule has 0 saturated heterocycles. The number of carbonyl (C=O) groups excluding carboxylic acids is 1. The molecule has 0 aliphatic carbocycles. The standard InChI is InChI=1S/C15H24N2O.ClH/c1-11(2)14-7-5-13(6-8-14)10-17(4)15(18)9-12(3)16;/h5-8,11-12H,9-10,16H2,1-4H3;1H. The minimum atomic E-state index is -0.0803. The van der Waals surface area contributed by atoms with Gasteiger partial charge in [-0.2, -0.15) is 0 Å². The molecule has 0 saturated carbocycles. The Morgan fingerprint density at radius 1 is 1.21 bits per heavy atom. The van der Waals surface area contributed by atoms with Crippen LogP contribution in [0.3, 0.4) is 0 Å². The maximum atomic E-state index is 11.8. The summed E-state index contributed by atoms with van der Waals surface area (Å²) in [6, 6.07) is 8.35. The Morgan fingerprint density at radius 2 is 1.74 bits per heavy atom. The predicted molar refractivity (Wildman–Crippen MR) is 82.5 cm³/mol. The van der Waals surface area contributed by atoms with Gasteiger partial charge in [-0.25, -0.2) is 0 Å². The van der Waals surface area contributed by atoms with E-state index in [4.69, 9.17) is 5.73 Å². The number of amides is 1. The summed E-state index contributed by atoms with van der Waals surface area (Å²) in [6.45, 7) is 6.84. The molecule has 1 aromatic carbocycles. The molecule has 0 aromatic heterocycles. The van der Waals surface area contributed by atoms with E-state index in [0.29, 0.717) is 18.9 Å². The second kappa shape index (κ2) is 8.18. The van der Waals surface area contributed by atoms with Gasteiger partial charge in [-0.05, 0) is 24.0 Å². The zero-order chi connectivity index (χ0) is 13.7. The minimum Gasteiger partial charge on any atom is -0.341 e. The molecule has 19 heavy (non-hydrogen) atoms. The van der Waals surface area contributed by atoms with Gasteiger partial charge in [0.25, 0.3) is 0 Å². The monoisotopic (exact) mass is 284 g/mol. The molecule has 1 unspecified atom stereocenters. The third-order valence-corrected chi connectivity index (χ3v) is 2.99. The fourth-order valence-corrected chi connectivity index (χ4v) is 1.80. The Morgan fingerprint density at radius 3 is 2.16 bits per heavy atom. The van der Waals surface area contributed by atoms with Crippen molar-refractivity contribution in [2.24, 2.45) is 5.73 Å². The molecule has 0 aliphatic rings. The molecular weight excluding hydrogens is 260 g/mol. The van der Waals surface area contributed by atoms with Crippen molar-refractivity contribution >= 4 is 18.3 Å². The lowest BCUT2D eigenvalue weighted by Gasteiger charge is -2.18. The first kappa shape index (κ1) is 17.9. The van der Waals surface area contributed by atoms with Gasteiger partial charge in [0.05, 0.1) is 0 Å². The molecule has 1 amide bonds. The molecule has 0 heterocycles. The molecule has 0 fully saturated rings. The van der Waals surface area contributed by atoms with E-state index in [-0.39, 0.29) is 24.4 Å². The smallest absolute Gasteiger partial charge is 0.224 e. The Kier molecular flexibility index (Phi) is 7.72. The highest BCUT2D eigenvalue weighted by molar-refractivity contribution is 5.85. The summed E-state index contributed by atoms with van der Waals surface area (Å²) < 4.78 is 0. The first-order valence-electron chi connectivity index (χ1n) is 6.48. The molecular formula is C15H25ClN2O. The Balaban J connectivity index is 0.00000324. The number of carbonyl (C=O) groups is 1. The van der Waals surface area contributed by atoms with Gasteiger partial charge in [0.2, 0.25) is 5.91 Å². The molecule has 0 radical (unpaired) electrons. The zero-order valence-corrected chi connectivity index (χ0v) is 13.0. The molecule has 0 bridgehead atoms. The lowest BCUT2D eigenvalue weighted by molar-refractivity contribution is -0.130. The predicted octanol–water partition coefficient (Wildman–Crippen LogP) is 2.93. The van der Waals surface area contributed by atoms with Crippen LogP contribution in [-0.2, 0) is 11.3 Å². The highest BCUT2D eigenvalue weighted by Gasteiger charge is 2.11. The largest absolute Gasteiger partial charge is 0.341 e. The lowest BCUT2D eigenvalue weighted by Crippen LogP contribution is -2.31. The summed E-state index contributed by atoms with van der Waals surface area (Å²) in [5, 5.41) is 0. The molecule has 1 rings (SSSR count). The molecule has 0 aliphatic heterocycles. The number of nitrogens with zero attached hydrogens (tertiary/aromatic N) is 1. The number of halogens is 1. The zero-order valence-electron chi connectivity index (χ0n) is 12.2. The van der Waals surface area contributed by atoms with Crippen LogP contribution in [0.5, 0.6) is 0 Å². The van der Waals surface area contributed by atoms with Crippen molar-refractivity contribution in [3.63, 3.8) is 0 Å². The van der Waals surface area contributed by atoms with Crippen LogP contribution in [-0.4, -0.2) is 23.9 Å². The van der Waals surface area contributed by atoms with Crippen molar-refractivity contribution in [3.05, 3.63) is 35.4 Å². The van der Waals surface area contributed by atoms with E-state index in [1.54, 1.807) is 4.90 Å². The third-order valence-electron chi connectivity index (χ3n) is 2.99. The lowest BCUT2D eigenvalue weighted by atomic mass is 10.0. The van der Waals surface area contributed by atoms with Crippen LogP contribution in [0.4, 0.5) is 0 Å². The number of benzene rings is 1. The van der Waals surface area contributed by atoms with E-state index in [2.05, 4.69) is 38.1 Å². The summed E-state index contributed by atoms with van der Waals surface area (Å²) in [7, 11) is 1.82. The topological polar surface area (TPSA) is 46.3 Å². The highest BCUT2D eigenvalue weighted by atomic mass is 35.5. The van der Waals surface area contributed by atoms with E-state index < -0.39 is 0 Å². The average Bonchev–Trinajstić information content (AvgIpc) is 2.28. The highest BCUT2D eigenvalue weighted by Crippen LogP contribution is 2.15. The summed E-state index contributed by atoms with van der Waals surface area (Å²) in [6.07, 6.45) is 0.403.